The summed E-state index contributed by atoms with van der Waals surface area (Å²) in [5, 5.41) is 7.33. The molecule has 0 atom stereocenters. The predicted octanol–water partition coefficient (Wildman–Crippen LogP) is 3.53. The molecule has 0 aliphatic carbocycles. The Morgan fingerprint density at radius 1 is 1.19 bits per heavy atom. The summed E-state index contributed by atoms with van der Waals surface area (Å²) in [5.41, 5.74) is 2.19. The van der Waals surface area contributed by atoms with Crippen molar-refractivity contribution >= 4 is 33.9 Å². The first-order chi connectivity index (χ1) is 10.1. The fourth-order valence-corrected chi connectivity index (χ4v) is 3.28. The maximum Gasteiger partial charge on any atom is 0.279 e. The Bertz CT molecular complexity index is 760. The molecule has 0 spiro atoms. The molecule has 0 saturated carbocycles. The summed E-state index contributed by atoms with van der Waals surface area (Å²) in [7, 11) is 0. The normalized spacial score (nSPS) is 10.6. The molecule has 2 aromatic heterocycles. The highest BCUT2D eigenvalue weighted by molar-refractivity contribution is 7.15. The van der Waals surface area contributed by atoms with Crippen molar-refractivity contribution in [1.29, 1.82) is 0 Å². The molecule has 2 heterocycles. The van der Waals surface area contributed by atoms with Crippen molar-refractivity contribution in [3.8, 4) is 10.4 Å². The zero-order valence-corrected chi connectivity index (χ0v) is 13.1. The molecule has 21 heavy (non-hydrogen) atoms. The molecule has 0 unspecified atom stereocenters. The number of benzene rings is 1. The highest BCUT2D eigenvalue weighted by Crippen LogP contribution is 2.27. The minimum absolute atomic E-state index is 0.281. The zero-order chi connectivity index (χ0) is 14.8. The molecule has 0 aliphatic heterocycles. The minimum atomic E-state index is -0.281. The number of carbonyl (C=O) groups excluding carboxylic acids is 1. The second-order valence-electron chi connectivity index (χ2n) is 4.43. The third kappa shape index (κ3) is 2.84. The molecule has 5 nitrogen and oxygen atoms in total. The Hall–Kier alpha value is -2.12. The monoisotopic (exact) mass is 316 g/mol. The van der Waals surface area contributed by atoms with Crippen LogP contribution in [0.25, 0.3) is 10.4 Å². The van der Waals surface area contributed by atoms with Gasteiger partial charge in [-0.2, -0.15) is 0 Å². The van der Waals surface area contributed by atoms with Gasteiger partial charge in [0, 0.05) is 4.88 Å². The van der Waals surface area contributed by atoms with Gasteiger partial charge in [0.15, 0.2) is 10.8 Å². The van der Waals surface area contributed by atoms with Gasteiger partial charge in [-0.1, -0.05) is 34.8 Å². The molecule has 1 N–H and O–H groups in total. The number of nitrogens with one attached hydrogen (secondary N) is 1. The molecule has 3 aromatic rings. The van der Waals surface area contributed by atoms with E-state index in [4.69, 9.17) is 0 Å². The SMILES string of the molecule is Cc1nc(NC(=O)c2nnsc2-c2ccccc2)sc1C. The first-order valence-corrected chi connectivity index (χ1v) is 7.87. The number of aryl methyl sites for hydroxylation is 2. The Morgan fingerprint density at radius 2 is 1.95 bits per heavy atom. The highest BCUT2D eigenvalue weighted by Gasteiger charge is 2.19. The molecule has 0 radical (unpaired) electrons. The molecule has 0 fully saturated rings. The van der Waals surface area contributed by atoms with Crippen LogP contribution in [0.1, 0.15) is 21.1 Å². The number of aromatic nitrogens is 3. The first kappa shape index (κ1) is 13.8. The van der Waals surface area contributed by atoms with E-state index in [-0.39, 0.29) is 5.91 Å². The van der Waals surface area contributed by atoms with Crippen molar-refractivity contribution in [3.05, 3.63) is 46.6 Å². The number of amides is 1. The van der Waals surface area contributed by atoms with Crippen LogP contribution in [-0.4, -0.2) is 20.5 Å². The maximum absolute atomic E-state index is 12.3. The van der Waals surface area contributed by atoms with Crippen molar-refractivity contribution in [2.75, 3.05) is 5.32 Å². The lowest BCUT2D eigenvalue weighted by atomic mass is 10.1. The Labute approximate surface area is 129 Å². The number of carbonyl (C=O) groups is 1. The summed E-state index contributed by atoms with van der Waals surface area (Å²) in [5.74, 6) is -0.281. The lowest BCUT2D eigenvalue weighted by Gasteiger charge is -2.01. The molecule has 7 heteroatoms. The van der Waals surface area contributed by atoms with Crippen LogP contribution >= 0.6 is 22.9 Å². The summed E-state index contributed by atoms with van der Waals surface area (Å²) in [6.07, 6.45) is 0. The van der Waals surface area contributed by atoms with E-state index in [9.17, 15) is 4.79 Å². The van der Waals surface area contributed by atoms with Gasteiger partial charge in [0.2, 0.25) is 0 Å². The van der Waals surface area contributed by atoms with Crippen LogP contribution in [-0.2, 0) is 0 Å². The van der Waals surface area contributed by atoms with Gasteiger partial charge in [-0.25, -0.2) is 4.98 Å². The lowest BCUT2D eigenvalue weighted by Crippen LogP contribution is -2.13. The molecular weight excluding hydrogens is 304 g/mol. The summed E-state index contributed by atoms with van der Waals surface area (Å²) in [4.78, 5) is 18.5. The van der Waals surface area contributed by atoms with E-state index in [1.165, 1.54) is 22.9 Å². The van der Waals surface area contributed by atoms with Crippen molar-refractivity contribution < 1.29 is 4.79 Å². The van der Waals surface area contributed by atoms with Crippen molar-refractivity contribution in [1.82, 2.24) is 14.6 Å². The van der Waals surface area contributed by atoms with E-state index in [1.807, 2.05) is 44.2 Å². The third-order valence-corrected chi connectivity index (χ3v) is 4.75. The van der Waals surface area contributed by atoms with Crippen LogP contribution in [0, 0.1) is 13.8 Å². The summed E-state index contributed by atoms with van der Waals surface area (Å²) in [6, 6.07) is 9.64. The average Bonchev–Trinajstić information content (AvgIpc) is 3.07. The van der Waals surface area contributed by atoms with Crippen LogP contribution in [0.3, 0.4) is 0 Å². The van der Waals surface area contributed by atoms with Gasteiger partial charge in [0.05, 0.1) is 10.6 Å². The van der Waals surface area contributed by atoms with Crippen molar-refractivity contribution in [3.63, 3.8) is 0 Å². The van der Waals surface area contributed by atoms with Gasteiger partial charge in [-0.3, -0.25) is 10.1 Å². The Balaban J connectivity index is 1.88. The Kier molecular flexibility index (Phi) is 3.76. The molecule has 0 aliphatic rings. The van der Waals surface area contributed by atoms with Crippen LogP contribution in [0.5, 0.6) is 0 Å². The van der Waals surface area contributed by atoms with Crippen LogP contribution < -0.4 is 5.32 Å². The van der Waals surface area contributed by atoms with Crippen LogP contribution in [0.2, 0.25) is 0 Å². The number of nitrogens with zero attached hydrogens (tertiary/aromatic N) is 3. The van der Waals surface area contributed by atoms with Crippen molar-refractivity contribution in [2.24, 2.45) is 0 Å². The van der Waals surface area contributed by atoms with E-state index >= 15 is 0 Å². The standard InChI is InChI=1S/C14H12N4OS2/c1-8-9(2)20-14(15-8)16-13(19)11-12(21-18-17-11)10-6-4-3-5-7-10/h3-7H,1-2H3,(H,15,16,19). The number of hydrogen-bond donors (Lipinski definition) is 1. The summed E-state index contributed by atoms with van der Waals surface area (Å²) >= 11 is 2.66. The zero-order valence-electron chi connectivity index (χ0n) is 11.5. The molecular formula is C14H12N4OS2. The smallest absolute Gasteiger partial charge is 0.279 e. The van der Waals surface area contributed by atoms with Gasteiger partial charge < -0.3 is 0 Å². The van der Waals surface area contributed by atoms with Gasteiger partial charge in [0.1, 0.15) is 0 Å². The fourth-order valence-electron chi connectivity index (χ4n) is 1.80. The minimum Gasteiger partial charge on any atom is -0.296 e. The summed E-state index contributed by atoms with van der Waals surface area (Å²) in [6.45, 7) is 3.89. The second-order valence-corrected chi connectivity index (χ2v) is 6.39. The molecule has 1 aromatic carbocycles. The molecule has 0 bridgehead atoms. The highest BCUT2D eigenvalue weighted by atomic mass is 32.1. The molecule has 3 rings (SSSR count). The number of hydrogen-bond acceptors (Lipinski definition) is 6. The number of rotatable bonds is 3. The molecule has 106 valence electrons. The first-order valence-electron chi connectivity index (χ1n) is 6.28. The van der Waals surface area contributed by atoms with Gasteiger partial charge in [-0.05, 0) is 30.9 Å². The third-order valence-electron chi connectivity index (χ3n) is 2.99. The van der Waals surface area contributed by atoms with Crippen molar-refractivity contribution in [2.45, 2.75) is 13.8 Å². The largest absolute Gasteiger partial charge is 0.296 e. The number of thiazole rings is 1. The van der Waals surface area contributed by atoms with Gasteiger partial charge in [-0.15, -0.1) is 16.4 Å². The lowest BCUT2D eigenvalue weighted by molar-refractivity contribution is 0.102. The topological polar surface area (TPSA) is 67.8 Å². The van der Waals surface area contributed by atoms with E-state index in [0.29, 0.717) is 10.8 Å². The van der Waals surface area contributed by atoms with Crippen LogP contribution in [0.4, 0.5) is 5.13 Å². The predicted molar refractivity (Wildman–Crippen MR) is 84.9 cm³/mol. The van der Waals surface area contributed by atoms with E-state index in [1.54, 1.807) is 0 Å². The average molecular weight is 316 g/mol. The van der Waals surface area contributed by atoms with E-state index in [2.05, 4.69) is 19.9 Å². The number of anilines is 1. The Morgan fingerprint density at radius 3 is 2.62 bits per heavy atom. The molecule has 0 saturated heterocycles. The van der Waals surface area contributed by atoms with E-state index < -0.39 is 0 Å². The van der Waals surface area contributed by atoms with Crippen LogP contribution in [0.15, 0.2) is 30.3 Å². The maximum atomic E-state index is 12.3. The van der Waals surface area contributed by atoms with Gasteiger partial charge >= 0.3 is 0 Å². The fraction of sp³-hybridized carbons (Fsp3) is 0.143. The summed E-state index contributed by atoms with van der Waals surface area (Å²) < 4.78 is 3.90. The quantitative estimate of drug-likeness (QED) is 0.802. The van der Waals surface area contributed by atoms with Gasteiger partial charge in [0.25, 0.3) is 5.91 Å². The second kappa shape index (κ2) is 5.71. The molecule has 1 amide bonds. The van der Waals surface area contributed by atoms with E-state index in [0.717, 1.165) is 21.0 Å².